The van der Waals surface area contributed by atoms with Crippen LogP contribution in [0.25, 0.3) is 0 Å². The first-order valence-corrected chi connectivity index (χ1v) is 5.73. The van der Waals surface area contributed by atoms with Crippen LogP contribution in [0.15, 0.2) is 16.6 Å². The minimum atomic E-state index is 0.0144. The van der Waals surface area contributed by atoms with Crippen LogP contribution in [0.5, 0.6) is 5.75 Å². The predicted octanol–water partition coefficient (Wildman–Crippen LogP) is 3.27. The van der Waals surface area contributed by atoms with Gasteiger partial charge in [0.1, 0.15) is 5.75 Å². The fourth-order valence-electron chi connectivity index (χ4n) is 1.66. The largest absolute Gasteiger partial charge is 0.492 e. The number of halogens is 2. The van der Waals surface area contributed by atoms with Gasteiger partial charge < -0.3 is 10.5 Å². The van der Waals surface area contributed by atoms with Gasteiger partial charge >= 0.3 is 0 Å². The molecule has 1 atom stereocenters. The van der Waals surface area contributed by atoms with Crippen LogP contribution in [0.2, 0.25) is 5.02 Å². The Morgan fingerprint density at radius 1 is 1.50 bits per heavy atom. The van der Waals surface area contributed by atoms with Crippen molar-refractivity contribution in [1.82, 2.24) is 0 Å². The van der Waals surface area contributed by atoms with E-state index in [1.807, 2.05) is 12.1 Å². The van der Waals surface area contributed by atoms with Crippen molar-refractivity contribution in [3.8, 4) is 5.75 Å². The van der Waals surface area contributed by atoms with Crippen molar-refractivity contribution in [2.75, 3.05) is 6.61 Å². The molecular weight excluding hydrogens is 265 g/mol. The molecule has 1 aromatic carbocycles. The van der Waals surface area contributed by atoms with Crippen LogP contribution in [-0.2, 0) is 0 Å². The smallest absolute Gasteiger partial charge is 0.143 e. The van der Waals surface area contributed by atoms with Gasteiger partial charge in [-0.05, 0) is 25.0 Å². The summed E-state index contributed by atoms with van der Waals surface area (Å²) in [5.41, 5.74) is 7.04. The molecule has 0 saturated carbocycles. The monoisotopic (exact) mass is 275 g/mol. The molecule has 0 aliphatic carbocycles. The Kier molecular flexibility index (Phi) is 3.00. The molecule has 2 nitrogen and oxygen atoms in total. The Balaban J connectivity index is 2.57. The number of rotatable bonds is 0. The summed E-state index contributed by atoms with van der Waals surface area (Å²) in [6.45, 7) is 0.691. The highest BCUT2D eigenvalue weighted by molar-refractivity contribution is 9.10. The lowest BCUT2D eigenvalue weighted by atomic mass is 10.0. The second kappa shape index (κ2) is 4.09. The maximum atomic E-state index is 6.05. The van der Waals surface area contributed by atoms with Gasteiger partial charge in [0.2, 0.25) is 0 Å². The van der Waals surface area contributed by atoms with Gasteiger partial charge in [-0.15, -0.1) is 0 Å². The van der Waals surface area contributed by atoms with E-state index < -0.39 is 0 Å². The molecule has 0 aromatic heterocycles. The molecule has 1 aromatic rings. The van der Waals surface area contributed by atoms with E-state index in [1.54, 1.807) is 0 Å². The maximum absolute atomic E-state index is 6.05. The topological polar surface area (TPSA) is 35.2 Å². The number of benzene rings is 1. The van der Waals surface area contributed by atoms with Gasteiger partial charge in [0, 0.05) is 16.1 Å². The predicted molar refractivity (Wildman–Crippen MR) is 60.8 cm³/mol. The third-order valence-electron chi connectivity index (χ3n) is 2.37. The van der Waals surface area contributed by atoms with Crippen LogP contribution >= 0.6 is 27.5 Å². The molecule has 1 aliphatic heterocycles. The Bertz CT molecular complexity index is 356. The minimum absolute atomic E-state index is 0.0144. The number of hydrogen-bond acceptors (Lipinski definition) is 2. The van der Waals surface area contributed by atoms with Crippen LogP contribution in [0.3, 0.4) is 0 Å². The van der Waals surface area contributed by atoms with Crippen molar-refractivity contribution in [3.63, 3.8) is 0 Å². The SMILES string of the molecule is NC1CCCOc2c(Cl)ccc(Br)c21. The van der Waals surface area contributed by atoms with Gasteiger partial charge in [-0.2, -0.15) is 0 Å². The molecule has 1 aliphatic rings. The van der Waals surface area contributed by atoms with Crippen LogP contribution in [0, 0.1) is 0 Å². The van der Waals surface area contributed by atoms with Crippen molar-refractivity contribution >= 4 is 27.5 Å². The van der Waals surface area contributed by atoms with Gasteiger partial charge in [-0.3, -0.25) is 0 Å². The molecule has 0 saturated heterocycles. The van der Waals surface area contributed by atoms with Crippen molar-refractivity contribution in [3.05, 3.63) is 27.2 Å². The van der Waals surface area contributed by atoms with Crippen LogP contribution < -0.4 is 10.5 Å². The van der Waals surface area contributed by atoms with Crippen LogP contribution in [0.4, 0.5) is 0 Å². The Labute approximate surface area is 96.5 Å². The molecule has 0 bridgehead atoms. The Morgan fingerprint density at radius 3 is 3.07 bits per heavy atom. The molecule has 2 rings (SSSR count). The lowest BCUT2D eigenvalue weighted by molar-refractivity contribution is 0.316. The maximum Gasteiger partial charge on any atom is 0.143 e. The van der Waals surface area contributed by atoms with Gasteiger partial charge in [0.25, 0.3) is 0 Å². The van der Waals surface area contributed by atoms with Gasteiger partial charge in [-0.1, -0.05) is 27.5 Å². The van der Waals surface area contributed by atoms with Gasteiger partial charge in [-0.25, -0.2) is 0 Å². The lowest BCUT2D eigenvalue weighted by Crippen LogP contribution is -2.09. The van der Waals surface area contributed by atoms with E-state index >= 15 is 0 Å². The summed E-state index contributed by atoms with van der Waals surface area (Å²) in [7, 11) is 0. The Hall–Kier alpha value is -0.250. The standard InChI is InChI=1S/C10H11BrClNO/c11-6-3-4-7(12)10-9(6)8(13)2-1-5-14-10/h3-4,8H,1-2,5,13H2. The van der Waals surface area contributed by atoms with Gasteiger partial charge in [0.15, 0.2) is 0 Å². The van der Waals surface area contributed by atoms with Crippen molar-refractivity contribution in [2.24, 2.45) is 5.73 Å². The number of ether oxygens (including phenoxy) is 1. The van der Waals surface area contributed by atoms with E-state index in [4.69, 9.17) is 22.1 Å². The number of nitrogens with two attached hydrogens (primary N) is 1. The highest BCUT2D eigenvalue weighted by Crippen LogP contribution is 2.40. The second-order valence-corrected chi connectivity index (χ2v) is 4.63. The van der Waals surface area contributed by atoms with Crippen LogP contribution in [0.1, 0.15) is 24.4 Å². The zero-order chi connectivity index (χ0) is 10.1. The Morgan fingerprint density at radius 2 is 2.29 bits per heavy atom. The van der Waals surface area contributed by atoms with Crippen LogP contribution in [-0.4, -0.2) is 6.61 Å². The van der Waals surface area contributed by atoms with Crippen molar-refractivity contribution < 1.29 is 4.74 Å². The molecule has 1 heterocycles. The summed E-state index contributed by atoms with van der Waals surface area (Å²) in [5, 5.41) is 0.639. The summed E-state index contributed by atoms with van der Waals surface area (Å²) >= 11 is 9.52. The van der Waals surface area contributed by atoms with E-state index in [0.717, 1.165) is 28.6 Å². The minimum Gasteiger partial charge on any atom is -0.492 e. The molecule has 0 fully saturated rings. The molecule has 14 heavy (non-hydrogen) atoms. The molecule has 0 amide bonds. The lowest BCUT2D eigenvalue weighted by Gasteiger charge is -2.14. The zero-order valence-corrected chi connectivity index (χ0v) is 9.94. The molecule has 2 N–H and O–H groups in total. The van der Waals surface area contributed by atoms with E-state index in [2.05, 4.69) is 15.9 Å². The molecular formula is C10H11BrClNO. The summed E-state index contributed by atoms with van der Waals surface area (Å²) in [6.07, 6.45) is 1.91. The van der Waals surface area contributed by atoms with E-state index in [9.17, 15) is 0 Å². The quantitative estimate of drug-likeness (QED) is 0.789. The second-order valence-electron chi connectivity index (χ2n) is 3.37. The first-order valence-electron chi connectivity index (χ1n) is 4.56. The average Bonchev–Trinajstić information content (AvgIpc) is 2.35. The third kappa shape index (κ3) is 1.76. The molecule has 0 spiro atoms. The highest BCUT2D eigenvalue weighted by Gasteiger charge is 2.21. The average molecular weight is 277 g/mol. The summed E-state index contributed by atoms with van der Waals surface area (Å²) in [4.78, 5) is 0. The molecule has 0 radical (unpaired) electrons. The molecule has 4 heteroatoms. The molecule has 1 unspecified atom stereocenters. The normalized spacial score (nSPS) is 20.9. The summed E-state index contributed by atoms with van der Waals surface area (Å²) < 4.78 is 6.57. The number of hydrogen-bond donors (Lipinski definition) is 1. The number of fused-ring (bicyclic) bond motifs is 1. The highest BCUT2D eigenvalue weighted by atomic mass is 79.9. The third-order valence-corrected chi connectivity index (χ3v) is 3.36. The van der Waals surface area contributed by atoms with Crippen molar-refractivity contribution in [1.29, 1.82) is 0 Å². The first-order chi connectivity index (χ1) is 6.70. The fraction of sp³-hybridized carbons (Fsp3) is 0.400. The van der Waals surface area contributed by atoms with Crippen molar-refractivity contribution in [2.45, 2.75) is 18.9 Å². The summed E-state index contributed by atoms with van der Waals surface area (Å²) in [6, 6.07) is 3.75. The van der Waals surface area contributed by atoms with Gasteiger partial charge in [0.05, 0.1) is 11.6 Å². The summed E-state index contributed by atoms with van der Waals surface area (Å²) in [5.74, 6) is 0.742. The molecule has 76 valence electrons. The first kappa shape index (κ1) is 10.3. The van der Waals surface area contributed by atoms with E-state index in [0.29, 0.717) is 11.6 Å². The van der Waals surface area contributed by atoms with E-state index in [1.165, 1.54) is 0 Å². The fourth-order valence-corrected chi connectivity index (χ4v) is 2.49. The zero-order valence-electron chi connectivity index (χ0n) is 7.59. The van der Waals surface area contributed by atoms with E-state index in [-0.39, 0.29) is 6.04 Å².